The molecule has 0 aliphatic heterocycles. The first-order valence-corrected chi connectivity index (χ1v) is 21.1. The van der Waals surface area contributed by atoms with Crippen molar-refractivity contribution >= 4 is 77.7 Å². The zero-order valence-electron chi connectivity index (χ0n) is 34.3. The van der Waals surface area contributed by atoms with Gasteiger partial charge in [0, 0.05) is 88.9 Å². The van der Waals surface area contributed by atoms with Gasteiger partial charge < -0.3 is 18.9 Å². The molecule has 0 unspecified atom stereocenters. The summed E-state index contributed by atoms with van der Waals surface area (Å²) in [7, 11) is 0. The van der Waals surface area contributed by atoms with Crippen LogP contribution in [0.5, 0.6) is 0 Å². The Balaban J connectivity index is 1.09. The van der Waals surface area contributed by atoms with Gasteiger partial charge >= 0.3 is 0 Å². The van der Waals surface area contributed by atoms with Crippen molar-refractivity contribution in [1.82, 2.24) is 9.13 Å². The molecule has 0 N–H and O–H groups in total. The highest BCUT2D eigenvalue weighted by Gasteiger charge is 2.21. The summed E-state index contributed by atoms with van der Waals surface area (Å²) in [6.45, 7) is 0.301. The lowest BCUT2D eigenvalue weighted by atomic mass is 10.1. The van der Waals surface area contributed by atoms with E-state index in [0.29, 0.717) is 0 Å². The van der Waals surface area contributed by atoms with Gasteiger partial charge in [-0.1, -0.05) is 72.8 Å². The fourth-order valence-corrected chi connectivity index (χ4v) is 9.17. The molecule has 0 atom stereocenters. The van der Waals surface area contributed by atoms with Crippen molar-refractivity contribution in [3.05, 3.63) is 241 Å². The maximum absolute atomic E-state index is 15.1. The Labute approximate surface area is 366 Å². The van der Waals surface area contributed by atoms with Gasteiger partial charge in [-0.3, -0.25) is 0 Å². The van der Waals surface area contributed by atoms with Crippen LogP contribution in [0.2, 0.25) is 0 Å². The number of rotatable bonds is 10. The van der Waals surface area contributed by atoms with Crippen LogP contribution in [0.3, 0.4) is 0 Å². The Bertz CT molecular complexity index is 3300. The van der Waals surface area contributed by atoms with Gasteiger partial charge in [-0.05, 0) is 133 Å². The molecule has 64 heavy (non-hydrogen) atoms. The maximum atomic E-state index is 15.1. The second-order valence-corrected chi connectivity index (χ2v) is 15.9. The van der Waals surface area contributed by atoms with Crippen LogP contribution in [0, 0.1) is 23.3 Å². The van der Waals surface area contributed by atoms with E-state index in [9.17, 15) is 8.78 Å². The summed E-state index contributed by atoms with van der Waals surface area (Å²) in [5.74, 6) is -1.90. The van der Waals surface area contributed by atoms with Crippen molar-refractivity contribution in [1.29, 1.82) is 0 Å². The molecular formula is C56H38F4N4. The molecule has 0 amide bonds. The van der Waals surface area contributed by atoms with E-state index in [4.69, 9.17) is 0 Å². The zero-order valence-corrected chi connectivity index (χ0v) is 34.3. The number of aromatic nitrogens is 2. The predicted octanol–water partition coefficient (Wildman–Crippen LogP) is 15.5. The molecule has 11 aromatic rings. The number of anilines is 6. The lowest BCUT2D eigenvalue weighted by molar-refractivity contribution is 0.580. The molecule has 9 aromatic carbocycles. The smallest absolute Gasteiger partial charge is 0.128 e. The van der Waals surface area contributed by atoms with E-state index in [0.717, 1.165) is 89.9 Å². The van der Waals surface area contributed by atoms with Gasteiger partial charge in [-0.25, -0.2) is 17.6 Å². The molecule has 310 valence electrons. The van der Waals surface area contributed by atoms with Crippen molar-refractivity contribution in [3.63, 3.8) is 0 Å². The first-order chi connectivity index (χ1) is 31.4. The lowest BCUT2D eigenvalue weighted by Gasteiger charge is -2.28. The van der Waals surface area contributed by atoms with E-state index < -0.39 is 23.3 Å². The summed E-state index contributed by atoms with van der Waals surface area (Å²) in [5, 5.41) is 3.88. The molecule has 2 heterocycles. The molecule has 4 nitrogen and oxygen atoms in total. The fraction of sp³-hybridized carbons (Fsp3) is 0.0357. The van der Waals surface area contributed by atoms with Crippen molar-refractivity contribution in [2.75, 3.05) is 9.80 Å². The average Bonchev–Trinajstić information content (AvgIpc) is 3.81. The summed E-state index contributed by atoms with van der Waals surface area (Å²) in [4.78, 5) is 4.44. The number of halogens is 4. The van der Waals surface area contributed by atoms with Gasteiger partial charge in [0.15, 0.2) is 0 Å². The third-order valence-corrected chi connectivity index (χ3v) is 12.1. The van der Waals surface area contributed by atoms with Crippen LogP contribution in [0.25, 0.3) is 43.6 Å². The highest BCUT2D eigenvalue weighted by Crippen LogP contribution is 2.43. The van der Waals surface area contributed by atoms with Crippen molar-refractivity contribution in [2.24, 2.45) is 0 Å². The number of benzene rings is 9. The third kappa shape index (κ3) is 6.90. The second kappa shape index (κ2) is 16.0. The fourth-order valence-electron chi connectivity index (χ4n) is 9.17. The summed E-state index contributed by atoms with van der Waals surface area (Å²) in [6.07, 6.45) is 0. The summed E-state index contributed by atoms with van der Waals surface area (Å²) < 4.78 is 63.1. The number of hydrogen-bond donors (Lipinski definition) is 0. The minimum atomic E-state index is -0.488. The largest absolute Gasteiger partial charge is 0.336 e. The molecule has 0 saturated heterocycles. The van der Waals surface area contributed by atoms with Gasteiger partial charge in [-0.15, -0.1) is 0 Å². The Morgan fingerprint density at radius 2 is 0.641 bits per heavy atom. The topological polar surface area (TPSA) is 16.3 Å². The number of hydrogen-bond acceptors (Lipinski definition) is 2. The number of fused-ring (bicyclic) bond motifs is 6. The summed E-state index contributed by atoms with van der Waals surface area (Å²) in [5.41, 5.74) is 9.80. The average molecular weight is 843 g/mol. The van der Waals surface area contributed by atoms with Crippen LogP contribution in [0.4, 0.5) is 51.7 Å². The van der Waals surface area contributed by atoms with Gasteiger partial charge in [0.1, 0.15) is 23.3 Å². The lowest BCUT2D eigenvalue weighted by Crippen LogP contribution is -2.12. The highest BCUT2D eigenvalue weighted by atomic mass is 19.1. The molecular weight excluding hydrogens is 805 g/mol. The quantitative estimate of drug-likeness (QED) is 0.128. The van der Waals surface area contributed by atoms with Crippen LogP contribution in [-0.2, 0) is 13.1 Å². The van der Waals surface area contributed by atoms with E-state index in [2.05, 4.69) is 94.7 Å². The maximum Gasteiger partial charge on any atom is 0.128 e. The second-order valence-electron chi connectivity index (χ2n) is 15.9. The predicted molar refractivity (Wildman–Crippen MR) is 253 cm³/mol. The third-order valence-electron chi connectivity index (χ3n) is 12.1. The Kier molecular flexibility index (Phi) is 9.69. The minimum Gasteiger partial charge on any atom is -0.336 e. The van der Waals surface area contributed by atoms with E-state index in [1.807, 2.05) is 94.1 Å². The van der Waals surface area contributed by atoms with Crippen LogP contribution >= 0.6 is 0 Å². The van der Waals surface area contributed by atoms with Gasteiger partial charge in [0.25, 0.3) is 0 Å². The molecule has 0 bridgehead atoms. The Morgan fingerprint density at radius 3 is 1.08 bits per heavy atom. The molecule has 2 aromatic heterocycles. The minimum absolute atomic E-state index is 0.151. The zero-order chi connectivity index (χ0) is 43.3. The molecule has 8 heteroatoms. The van der Waals surface area contributed by atoms with Crippen LogP contribution in [0.1, 0.15) is 11.1 Å². The molecule has 0 aliphatic rings. The van der Waals surface area contributed by atoms with E-state index in [-0.39, 0.29) is 24.2 Å². The normalized spacial score (nSPS) is 11.6. The standard InChI is InChI=1S/C56H38F4N4/c57-39-19-27-51(59)37(31-39)35-61-53-17-9-7-15-47(53)49-33-45(25-29-55(49)61)64(44-23-21-43(22-24-44)63(41-11-3-1-4-12-41)42-13-5-2-6-14-42)46-26-30-56-50(34-46)48-16-8-10-18-54(48)62(56)36-38-32-40(58)20-28-52(38)60/h1-34H,35-36H2. The van der Waals surface area contributed by atoms with Crippen molar-refractivity contribution < 1.29 is 17.6 Å². The van der Waals surface area contributed by atoms with Crippen LogP contribution < -0.4 is 9.80 Å². The van der Waals surface area contributed by atoms with Gasteiger partial charge in [-0.2, -0.15) is 0 Å². The summed E-state index contributed by atoms with van der Waals surface area (Å²) >= 11 is 0. The van der Waals surface area contributed by atoms with Crippen LogP contribution in [-0.4, -0.2) is 9.13 Å². The molecule has 11 rings (SSSR count). The Morgan fingerprint density at radius 1 is 0.297 bits per heavy atom. The van der Waals surface area contributed by atoms with Crippen molar-refractivity contribution in [2.45, 2.75) is 13.1 Å². The molecule has 0 aliphatic carbocycles. The molecule has 0 fully saturated rings. The highest BCUT2D eigenvalue weighted by molar-refractivity contribution is 6.11. The molecule has 0 spiro atoms. The Hall–Kier alpha value is -8.10. The SMILES string of the molecule is Fc1ccc(F)c(Cn2c3ccccc3c3cc(N(c4ccc(N(c5ccccc5)c5ccccc5)cc4)c4ccc5c(c4)c4ccccc4n5Cc4cc(F)ccc4F)ccc32)c1. The summed E-state index contributed by atoms with van der Waals surface area (Å²) in [6, 6.07) is 64.7. The van der Waals surface area contributed by atoms with Gasteiger partial charge in [0.2, 0.25) is 0 Å². The molecule has 0 saturated carbocycles. The van der Waals surface area contributed by atoms with E-state index in [1.165, 1.54) is 24.3 Å². The van der Waals surface area contributed by atoms with E-state index in [1.54, 1.807) is 0 Å². The van der Waals surface area contributed by atoms with Crippen molar-refractivity contribution in [3.8, 4) is 0 Å². The first kappa shape index (κ1) is 38.8. The number of para-hydroxylation sites is 4. The molecule has 0 radical (unpaired) electrons. The monoisotopic (exact) mass is 842 g/mol. The van der Waals surface area contributed by atoms with E-state index >= 15 is 8.78 Å². The van der Waals surface area contributed by atoms with Crippen LogP contribution in [0.15, 0.2) is 206 Å². The first-order valence-electron chi connectivity index (χ1n) is 21.1. The van der Waals surface area contributed by atoms with Gasteiger partial charge in [0.05, 0.1) is 13.1 Å². The number of nitrogens with zero attached hydrogens (tertiary/aromatic N) is 4.